The molecule has 2 nitrogen and oxygen atoms in total. The first kappa shape index (κ1) is 13.2. The summed E-state index contributed by atoms with van der Waals surface area (Å²) in [4.78, 5) is 0. The molecule has 1 aliphatic rings. The SMILES string of the molecule is CNC(c1cc(C)ccc1C)c1cccc2c1OCC2. The van der Waals surface area contributed by atoms with Crippen molar-refractivity contribution in [1.29, 1.82) is 0 Å². The van der Waals surface area contributed by atoms with Crippen LogP contribution in [0.4, 0.5) is 0 Å². The Labute approximate surface area is 120 Å². The summed E-state index contributed by atoms with van der Waals surface area (Å²) in [6.45, 7) is 5.11. The van der Waals surface area contributed by atoms with Crippen molar-refractivity contribution in [3.05, 3.63) is 64.2 Å². The van der Waals surface area contributed by atoms with Gasteiger partial charge >= 0.3 is 0 Å². The number of ether oxygens (including phenoxy) is 1. The molecule has 20 heavy (non-hydrogen) atoms. The highest BCUT2D eigenvalue weighted by Gasteiger charge is 2.23. The molecule has 0 bridgehead atoms. The maximum Gasteiger partial charge on any atom is 0.127 e. The molecule has 2 aromatic carbocycles. The van der Waals surface area contributed by atoms with E-state index in [-0.39, 0.29) is 6.04 Å². The van der Waals surface area contributed by atoms with Crippen LogP contribution < -0.4 is 10.1 Å². The van der Waals surface area contributed by atoms with Crippen molar-refractivity contribution in [2.75, 3.05) is 13.7 Å². The van der Waals surface area contributed by atoms with Crippen LogP contribution in [-0.2, 0) is 6.42 Å². The van der Waals surface area contributed by atoms with Crippen LogP contribution in [0.3, 0.4) is 0 Å². The molecule has 2 heteroatoms. The van der Waals surface area contributed by atoms with Gasteiger partial charge in [-0.3, -0.25) is 0 Å². The molecule has 3 rings (SSSR count). The van der Waals surface area contributed by atoms with Crippen molar-refractivity contribution in [2.24, 2.45) is 0 Å². The molecule has 1 unspecified atom stereocenters. The Morgan fingerprint density at radius 3 is 2.75 bits per heavy atom. The fourth-order valence-corrected chi connectivity index (χ4v) is 3.02. The molecular weight excluding hydrogens is 246 g/mol. The summed E-state index contributed by atoms with van der Waals surface area (Å²) in [6.07, 6.45) is 1.02. The molecule has 0 fully saturated rings. The predicted molar refractivity (Wildman–Crippen MR) is 82.5 cm³/mol. The molecule has 0 aliphatic carbocycles. The van der Waals surface area contributed by atoms with Crippen molar-refractivity contribution in [1.82, 2.24) is 5.32 Å². The third-order valence-corrected chi connectivity index (χ3v) is 4.09. The van der Waals surface area contributed by atoms with Crippen LogP contribution in [0.25, 0.3) is 0 Å². The topological polar surface area (TPSA) is 21.3 Å². The molecule has 104 valence electrons. The zero-order valence-corrected chi connectivity index (χ0v) is 12.4. The van der Waals surface area contributed by atoms with Crippen LogP contribution >= 0.6 is 0 Å². The summed E-state index contributed by atoms with van der Waals surface area (Å²) >= 11 is 0. The Bertz CT molecular complexity index is 633. The number of hydrogen-bond acceptors (Lipinski definition) is 2. The second-order valence-corrected chi connectivity index (χ2v) is 5.52. The normalized spacial score (nSPS) is 14.8. The number of aryl methyl sites for hydroxylation is 2. The number of nitrogens with one attached hydrogen (secondary N) is 1. The van der Waals surface area contributed by atoms with E-state index in [1.165, 1.54) is 27.8 Å². The molecule has 2 aromatic rings. The van der Waals surface area contributed by atoms with Gasteiger partial charge in [0, 0.05) is 12.0 Å². The first-order valence-corrected chi connectivity index (χ1v) is 7.19. The Morgan fingerprint density at radius 2 is 1.95 bits per heavy atom. The van der Waals surface area contributed by atoms with Crippen molar-refractivity contribution >= 4 is 0 Å². The summed E-state index contributed by atoms with van der Waals surface area (Å²) in [5.41, 5.74) is 6.51. The minimum Gasteiger partial charge on any atom is -0.493 e. The van der Waals surface area contributed by atoms with Gasteiger partial charge in [-0.05, 0) is 37.6 Å². The summed E-state index contributed by atoms with van der Waals surface area (Å²) in [6, 6.07) is 13.3. The summed E-state index contributed by atoms with van der Waals surface area (Å²) < 4.78 is 5.86. The number of rotatable bonds is 3. The van der Waals surface area contributed by atoms with Gasteiger partial charge < -0.3 is 10.1 Å². The molecule has 0 amide bonds. The lowest BCUT2D eigenvalue weighted by molar-refractivity contribution is 0.351. The maximum atomic E-state index is 5.86. The van der Waals surface area contributed by atoms with Gasteiger partial charge in [0.05, 0.1) is 12.6 Å². The molecule has 1 atom stereocenters. The van der Waals surface area contributed by atoms with E-state index in [4.69, 9.17) is 4.74 Å². The van der Waals surface area contributed by atoms with Crippen LogP contribution in [0.1, 0.15) is 33.9 Å². The largest absolute Gasteiger partial charge is 0.493 e. The van der Waals surface area contributed by atoms with Gasteiger partial charge in [0.15, 0.2) is 0 Å². The highest BCUT2D eigenvalue weighted by atomic mass is 16.5. The first-order chi connectivity index (χ1) is 9.70. The summed E-state index contributed by atoms with van der Waals surface area (Å²) in [5, 5.41) is 3.45. The van der Waals surface area contributed by atoms with Crippen LogP contribution in [0.15, 0.2) is 36.4 Å². The second-order valence-electron chi connectivity index (χ2n) is 5.52. The maximum absolute atomic E-state index is 5.86. The third-order valence-electron chi connectivity index (χ3n) is 4.09. The average molecular weight is 267 g/mol. The first-order valence-electron chi connectivity index (χ1n) is 7.19. The van der Waals surface area contributed by atoms with Gasteiger partial charge in [0.2, 0.25) is 0 Å². The van der Waals surface area contributed by atoms with Gasteiger partial charge in [-0.25, -0.2) is 0 Å². The van der Waals surface area contributed by atoms with E-state index in [1.807, 2.05) is 7.05 Å². The second kappa shape index (κ2) is 5.29. The standard InChI is InChI=1S/C18H21NO/c1-12-7-8-13(2)16(11-12)17(19-3)15-6-4-5-14-9-10-20-18(14)15/h4-8,11,17,19H,9-10H2,1-3H3. The Kier molecular flexibility index (Phi) is 3.49. The molecule has 0 spiro atoms. The van der Waals surface area contributed by atoms with Crippen molar-refractivity contribution in [3.8, 4) is 5.75 Å². The van der Waals surface area contributed by atoms with Gasteiger partial charge in [-0.1, -0.05) is 42.0 Å². The van der Waals surface area contributed by atoms with E-state index in [9.17, 15) is 0 Å². The lowest BCUT2D eigenvalue weighted by Gasteiger charge is -2.22. The monoisotopic (exact) mass is 267 g/mol. The Morgan fingerprint density at radius 1 is 1.10 bits per heavy atom. The molecule has 0 saturated carbocycles. The number of para-hydroxylation sites is 1. The molecular formula is C18H21NO. The lowest BCUT2D eigenvalue weighted by Crippen LogP contribution is -2.19. The molecule has 0 radical (unpaired) electrons. The summed E-state index contributed by atoms with van der Waals surface area (Å²) in [5.74, 6) is 1.08. The Hall–Kier alpha value is -1.80. The number of hydrogen-bond donors (Lipinski definition) is 1. The highest BCUT2D eigenvalue weighted by molar-refractivity contribution is 5.50. The van der Waals surface area contributed by atoms with E-state index >= 15 is 0 Å². The zero-order valence-electron chi connectivity index (χ0n) is 12.4. The van der Waals surface area contributed by atoms with Gasteiger partial charge in [0.25, 0.3) is 0 Å². The van der Waals surface area contributed by atoms with E-state index in [2.05, 4.69) is 55.6 Å². The number of fused-ring (bicyclic) bond motifs is 1. The van der Waals surface area contributed by atoms with Crippen LogP contribution in [-0.4, -0.2) is 13.7 Å². The van der Waals surface area contributed by atoms with Crippen molar-refractivity contribution < 1.29 is 4.74 Å². The van der Waals surface area contributed by atoms with E-state index in [0.29, 0.717) is 0 Å². The zero-order chi connectivity index (χ0) is 14.1. The van der Waals surface area contributed by atoms with Crippen LogP contribution in [0.2, 0.25) is 0 Å². The molecule has 1 N–H and O–H groups in total. The average Bonchev–Trinajstić information content (AvgIpc) is 2.92. The van der Waals surface area contributed by atoms with Gasteiger partial charge in [-0.15, -0.1) is 0 Å². The van der Waals surface area contributed by atoms with Crippen LogP contribution in [0.5, 0.6) is 5.75 Å². The fraction of sp³-hybridized carbons (Fsp3) is 0.333. The van der Waals surface area contributed by atoms with E-state index in [1.54, 1.807) is 0 Å². The Balaban J connectivity index is 2.11. The molecule has 0 aromatic heterocycles. The van der Waals surface area contributed by atoms with Crippen molar-refractivity contribution in [3.63, 3.8) is 0 Å². The summed E-state index contributed by atoms with van der Waals surface area (Å²) in [7, 11) is 2.01. The molecule has 0 saturated heterocycles. The lowest BCUT2D eigenvalue weighted by atomic mass is 9.92. The molecule has 1 heterocycles. The van der Waals surface area contributed by atoms with Crippen molar-refractivity contribution in [2.45, 2.75) is 26.3 Å². The molecule has 1 aliphatic heterocycles. The fourth-order valence-electron chi connectivity index (χ4n) is 3.02. The van der Waals surface area contributed by atoms with E-state index in [0.717, 1.165) is 18.8 Å². The minimum atomic E-state index is 0.183. The van der Waals surface area contributed by atoms with Gasteiger partial charge in [-0.2, -0.15) is 0 Å². The number of benzene rings is 2. The quantitative estimate of drug-likeness (QED) is 0.918. The van der Waals surface area contributed by atoms with Crippen LogP contribution in [0, 0.1) is 13.8 Å². The highest BCUT2D eigenvalue weighted by Crippen LogP contribution is 2.37. The smallest absolute Gasteiger partial charge is 0.127 e. The third kappa shape index (κ3) is 2.20. The van der Waals surface area contributed by atoms with E-state index < -0.39 is 0 Å². The minimum absolute atomic E-state index is 0.183. The van der Waals surface area contributed by atoms with Gasteiger partial charge in [0.1, 0.15) is 5.75 Å². The predicted octanol–water partition coefficient (Wildman–Crippen LogP) is 3.55.